The van der Waals surface area contributed by atoms with E-state index in [1.165, 1.54) is 6.07 Å². The second kappa shape index (κ2) is 7.01. The summed E-state index contributed by atoms with van der Waals surface area (Å²) in [5.74, 6) is -1.11. The number of carbonyl (C=O) groups excluding carboxylic acids is 2. The maximum atomic E-state index is 12.6. The summed E-state index contributed by atoms with van der Waals surface area (Å²) >= 11 is 9.43. The smallest absolute Gasteiger partial charge is 0.261 e. The van der Waals surface area contributed by atoms with Gasteiger partial charge in [-0.3, -0.25) is 14.4 Å². The largest absolute Gasteiger partial charge is 0.365 e. The van der Waals surface area contributed by atoms with Gasteiger partial charge in [-0.05, 0) is 49.1 Å². The first-order valence-electron chi connectivity index (χ1n) is 7.68. The molecule has 1 aromatic carbocycles. The Bertz CT molecular complexity index is 926. The minimum absolute atomic E-state index is 0.110. The molecule has 0 fully saturated rings. The van der Waals surface area contributed by atoms with Crippen LogP contribution in [0.25, 0.3) is 0 Å². The third-order valence-corrected chi connectivity index (χ3v) is 5.00. The summed E-state index contributed by atoms with van der Waals surface area (Å²) in [4.78, 5) is 38.6. The van der Waals surface area contributed by atoms with Crippen LogP contribution in [0.4, 0.5) is 0 Å². The number of benzene rings is 1. The number of fused-ring (bicyclic) bond motifs is 1. The highest BCUT2D eigenvalue weighted by Crippen LogP contribution is 2.29. The molecule has 1 aliphatic carbocycles. The van der Waals surface area contributed by atoms with E-state index in [1.54, 1.807) is 18.2 Å². The van der Waals surface area contributed by atoms with E-state index in [1.807, 2.05) is 0 Å². The first-order chi connectivity index (χ1) is 11.9. The molecule has 0 spiro atoms. The van der Waals surface area contributed by atoms with Crippen molar-refractivity contribution >= 4 is 39.3 Å². The number of aromatic amines is 1. The maximum Gasteiger partial charge on any atom is 0.261 e. The van der Waals surface area contributed by atoms with Gasteiger partial charge in [-0.15, -0.1) is 0 Å². The zero-order valence-electron chi connectivity index (χ0n) is 13.1. The van der Waals surface area contributed by atoms with Gasteiger partial charge in [0.2, 0.25) is 0 Å². The number of aromatic nitrogens is 1. The number of pyridine rings is 1. The van der Waals surface area contributed by atoms with Crippen molar-refractivity contribution in [1.82, 2.24) is 10.3 Å². The average molecular weight is 425 g/mol. The van der Waals surface area contributed by atoms with Crippen LogP contribution in [0.5, 0.6) is 0 Å². The van der Waals surface area contributed by atoms with Crippen LogP contribution in [0.3, 0.4) is 0 Å². The van der Waals surface area contributed by atoms with Crippen molar-refractivity contribution in [3.05, 3.63) is 66.5 Å². The Kier molecular flexibility index (Phi) is 4.96. The van der Waals surface area contributed by atoms with E-state index in [-0.39, 0.29) is 17.5 Å². The van der Waals surface area contributed by atoms with Gasteiger partial charge < -0.3 is 16.0 Å². The predicted molar refractivity (Wildman–Crippen MR) is 97.9 cm³/mol. The highest BCUT2D eigenvalue weighted by Gasteiger charge is 2.25. The monoisotopic (exact) mass is 423 g/mol. The number of hydrogen-bond acceptors (Lipinski definition) is 3. The van der Waals surface area contributed by atoms with Gasteiger partial charge in [0.15, 0.2) is 0 Å². The molecule has 8 heteroatoms. The third kappa shape index (κ3) is 3.62. The second-order valence-electron chi connectivity index (χ2n) is 5.85. The molecular weight excluding hydrogens is 410 g/mol. The van der Waals surface area contributed by atoms with Crippen LogP contribution in [-0.4, -0.2) is 16.8 Å². The van der Waals surface area contributed by atoms with Crippen molar-refractivity contribution in [2.75, 3.05) is 0 Å². The number of amides is 2. The summed E-state index contributed by atoms with van der Waals surface area (Å²) in [6.07, 6.45) is 2.17. The fourth-order valence-electron chi connectivity index (χ4n) is 2.98. The molecule has 1 unspecified atom stereocenters. The summed E-state index contributed by atoms with van der Waals surface area (Å²) in [5.41, 5.74) is 6.42. The summed E-state index contributed by atoms with van der Waals surface area (Å²) in [6.45, 7) is 0. The van der Waals surface area contributed by atoms with Crippen LogP contribution >= 0.6 is 27.5 Å². The van der Waals surface area contributed by atoms with E-state index < -0.39 is 11.5 Å². The molecule has 0 saturated heterocycles. The van der Waals surface area contributed by atoms with Crippen molar-refractivity contribution < 1.29 is 9.59 Å². The van der Waals surface area contributed by atoms with Gasteiger partial charge in [0.25, 0.3) is 17.4 Å². The maximum absolute atomic E-state index is 12.6. The van der Waals surface area contributed by atoms with Crippen LogP contribution in [-0.2, 0) is 6.42 Å². The first kappa shape index (κ1) is 17.7. The molecule has 130 valence electrons. The molecule has 1 aliphatic rings. The zero-order valence-corrected chi connectivity index (χ0v) is 15.4. The van der Waals surface area contributed by atoms with E-state index >= 15 is 0 Å². The molecule has 3 rings (SSSR count). The number of nitrogens with one attached hydrogen (secondary N) is 2. The second-order valence-corrected chi connectivity index (χ2v) is 7.18. The minimum atomic E-state index is -0.796. The van der Waals surface area contributed by atoms with Crippen molar-refractivity contribution in [1.29, 1.82) is 0 Å². The van der Waals surface area contributed by atoms with Gasteiger partial charge >= 0.3 is 0 Å². The van der Waals surface area contributed by atoms with Crippen LogP contribution in [0, 0.1) is 0 Å². The van der Waals surface area contributed by atoms with E-state index in [0.29, 0.717) is 34.7 Å². The summed E-state index contributed by atoms with van der Waals surface area (Å²) in [7, 11) is 0. The van der Waals surface area contributed by atoms with Crippen molar-refractivity contribution in [3.63, 3.8) is 0 Å². The van der Waals surface area contributed by atoms with E-state index in [2.05, 4.69) is 26.2 Å². The number of carbonyl (C=O) groups is 2. The molecule has 0 bridgehead atoms. The molecule has 25 heavy (non-hydrogen) atoms. The number of nitrogens with two attached hydrogens (primary N) is 1. The molecule has 0 aliphatic heterocycles. The van der Waals surface area contributed by atoms with Crippen molar-refractivity contribution in [3.8, 4) is 0 Å². The number of halogens is 2. The lowest BCUT2D eigenvalue weighted by molar-refractivity contribution is 0.0932. The van der Waals surface area contributed by atoms with E-state index in [4.69, 9.17) is 17.3 Å². The van der Waals surface area contributed by atoms with E-state index in [0.717, 1.165) is 10.9 Å². The Labute approximate surface area is 156 Å². The molecule has 0 saturated carbocycles. The average Bonchev–Trinajstić information content (AvgIpc) is 2.54. The lowest BCUT2D eigenvalue weighted by Gasteiger charge is -2.26. The predicted octanol–water partition coefficient (Wildman–Crippen LogP) is 2.70. The summed E-state index contributed by atoms with van der Waals surface area (Å²) in [5, 5.41) is 3.26. The Morgan fingerprint density at radius 3 is 2.72 bits per heavy atom. The quantitative estimate of drug-likeness (QED) is 0.705. The Morgan fingerprint density at radius 1 is 1.28 bits per heavy atom. The lowest BCUT2D eigenvalue weighted by atomic mass is 9.90. The normalized spacial score (nSPS) is 16.2. The van der Waals surface area contributed by atoms with Gasteiger partial charge in [-0.25, -0.2) is 0 Å². The van der Waals surface area contributed by atoms with Crippen molar-refractivity contribution in [2.24, 2.45) is 5.73 Å². The van der Waals surface area contributed by atoms with Crippen LogP contribution in [0.2, 0.25) is 5.02 Å². The van der Waals surface area contributed by atoms with Gasteiger partial charge in [-0.2, -0.15) is 0 Å². The zero-order chi connectivity index (χ0) is 18.1. The highest BCUT2D eigenvalue weighted by molar-refractivity contribution is 9.10. The van der Waals surface area contributed by atoms with Crippen molar-refractivity contribution in [2.45, 2.75) is 25.3 Å². The lowest BCUT2D eigenvalue weighted by Crippen LogP contribution is -2.34. The van der Waals surface area contributed by atoms with Gasteiger partial charge in [0.05, 0.1) is 16.6 Å². The number of rotatable bonds is 3. The SMILES string of the molecule is NC(=O)c1cc2c([nH]c1=O)CCCC2NC(=O)c1ccc(Br)cc1Cl. The highest BCUT2D eigenvalue weighted by atomic mass is 79.9. The fourth-order valence-corrected chi connectivity index (χ4v) is 3.74. The van der Waals surface area contributed by atoms with Crippen LogP contribution < -0.4 is 16.6 Å². The van der Waals surface area contributed by atoms with Crippen LogP contribution in [0.15, 0.2) is 33.5 Å². The fraction of sp³-hybridized carbons (Fsp3) is 0.235. The molecule has 2 amide bonds. The molecule has 2 aromatic rings. The number of hydrogen-bond donors (Lipinski definition) is 3. The molecular formula is C17H15BrClN3O3. The third-order valence-electron chi connectivity index (χ3n) is 4.20. The Hall–Kier alpha value is -2.12. The Balaban J connectivity index is 1.93. The summed E-state index contributed by atoms with van der Waals surface area (Å²) < 4.78 is 0.778. The molecule has 4 N–H and O–H groups in total. The van der Waals surface area contributed by atoms with Gasteiger partial charge in [0.1, 0.15) is 5.56 Å². The minimum Gasteiger partial charge on any atom is -0.365 e. The van der Waals surface area contributed by atoms with E-state index in [9.17, 15) is 14.4 Å². The number of aryl methyl sites for hydroxylation is 1. The van der Waals surface area contributed by atoms with Crippen LogP contribution in [0.1, 0.15) is 50.9 Å². The van der Waals surface area contributed by atoms with Gasteiger partial charge in [-0.1, -0.05) is 27.5 Å². The topological polar surface area (TPSA) is 105 Å². The molecule has 6 nitrogen and oxygen atoms in total. The molecule has 1 aromatic heterocycles. The first-order valence-corrected chi connectivity index (χ1v) is 8.85. The molecule has 1 atom stereocenters. The van der Waals surface area contributed by atoms with Gasteiger partial charge in [0, 0.05) is 10.2 Å². The number of primary amides is 1. The Morgan fingerprint density at radius 2 is 2.04 bits per heavy atom. The summed E-state index contributed by atoms with van der Waals surface area (Å²) in [6, 6.07) is 6.16. The number of H-pyrrole nitrogens is 1. The molecule has 1 heterocycles. The standard InChI is InChI=1S/C17H15BrClN3O3/c18-8-4-5-9(12(19)6-8)16(24)21-13-2-1-3-14-10(13)7-11(15(20)23)17(25)22-14/h4-7,13H,1-3H2,(H2,20,23)(H,21,24)(H,22,25). The molecule has 0 radical (unpaired) electrons.